The molecule has 1 aliphatic carbocycles. The number of rotatable bonds is 2. The highest BCUT2D eigenvalue weighted by Gasteiger charge is 2.27. The predicted molar refractivity (Wildman–Crippen MR) is 73.0 cm³/mol. The first-order chi connectivity index (χ1) is 8.34. The molecule has 0 bridgehead atoms. The van der Waals surface area contributed by atoms with Crippen LogP contribution in [0, 0.1) is 5.92 Å². The van der Waals surface area contributed by atoms with E-state index in [9.17, 15) is 0 Å². The SMILES string of the molecule is C[C@H]1CC[C@@H]1c1ccc(-c2ccccc2)cc1. The van der Waals surface area contributed by atoms with E-state index in [1.807, 2.05) is 0 Å². The zero-order valence-corrected chi connectivity index (χ0v) is 10.3. The van der Waals surface area contributed by atoms with E-state index < -0.39 is 0 Å². The highest BCUT2D eigenvalue weighted by atomic mass is 14.3. The van der Waals surface area contributed by atoms with Gasteiger partial charge in [-0.15, -0.1) is 0 Å². The van der Waals surface area contributed by atoms with Gasteiger partial charge in [0, 0.05) is 0 Å². The van der Waals surface area contributed by atoms with E-state index in [1.54, 1.807) is 0 Å². The fraction of sp³-hybridized carbons (Fsp3) is 0.294. The topological polar surface area (TPSA) is 0 Å². The first kappa shape index (κ1) is 10.6. The van der Waals surface area contributed by atoms with E-state index in [0.29, 0.717) is 0 Å². The van der Waals surface area contributed by atoms with E-state index in [0.717, 1.165) is 11.8 Å². The van der Waals surface area contributed by atoms with E-state index in [4.69, 9.17) is 0 Å². The molecule has 17 heavy (non-hydrogen) atoms. The fourth-order valence-electron chi connectivity index (χ4n) is 2.72. The molecule has 0 radical (unpaired) electrons. The smallest absolute Gasteiger partial charge is 0.0136 e. The first-order valence-electron chi connectivity index (χ1n) is 6.50. The maximum absolute atomic E-state index is 2.36. The quantitative estimate of drug-likeness (QED) is 0.680. The number of hydrogen-bond donors (Lipinski definition) is 0. The standard InChI is InChI=1S/C17H18/c1-13-7-12-17(13)16-10-8-15(9-11-16)14-5-3-2-4-6-14/h2-6,8-11,13,17H,7,12H2,1H3/t13-,17-/m0/s1. The summed E-state index contributed by atoms with van der Waals surface area (Å²) in [4.78, 5) is 0. The Morgan fingerprint density at radius 1 is 0.765 bits per heavy atom. The molecule has 86 valence electrons. The number of hydrogen-bond acceptors (Lipinski definition) is 0. The third kappa shape index (κ3) is 2.00. The minimum absolute atomic E-state index is 0.805. The van der Waals surface area contributed by atoms with Gasteiger partial charge in [0.2, 0.25) is 0 Å². The lowest BCUT2D eigenvalue weighted by Gasteiger charge is -2.34. The zero-order chi connectivity index (χ0) is 11.7. The fourth-order valence-corrected chi connectivity index (χ4v) is 2.72. The molecule has 0 nitrogen and oxygen atoms in total. The van der Waals surface area contributed by atoms with Crippen LogP contribution in [0.25, 0.3) is 11.1 Å². The van der Waals surface area contributed by atoms with Crippen molar-refractivity contribution in [2.45, 2.75) is 25.7 Å². The maximum Gasteiger partial charge on any atom is -0.0136 e. The van der Waals surface area contributed by atoms with E-state index in [-0.39, 0.29) is 0 Å². The molecule has 0 N–H and O–H groups in total. The summed E-state index contributed by atoms with van der Waals surface area (Å²) in [7, 11) is 0. The molecule has 0 spiro atoms. The summed E-state index contributed by atoms with van der Waals surface area (Å²) >= 11 is 0. The Bertz CT molecular complexity index is 481. The van der Waals surface area contributed by atoms with Crippen molar-refractivity contribution in [3.05, 3.63) is 60.2 Å². The molecule has 1 aliphatic rings. The van der Waals surface area contributed by atoms with Crippen LogP contribution in [-0.4, -0.2) is 0 Å². The molecule has 0 heteroatoms. The van der Waals surface area contributed by atoms with Crippen LogP contribution in [0.15, 0.2) is 54.6 Å². The molecule has 1 saturated carbocycles. The molecule has 0 amide bonds. The number of benzene rings is 2. The third-order valence-electron chi connectivity index (χ3n) is 4.07. The van der Waals surface area contributed by atoms with Gasteiger partial charge in [0.05, 0.1) is 0 Å². The molecular formula is C17H18. The van der Waals surface area contributed by atoms with E-state index >= 15 is 0 Å². The van der Waals surface area contributed by atoms with Crippen LogP contribution in [-0.2, 0) is 0 Å². The van der Waals surface area contributed by atoms with Crippen molar-refractivity contribution in [1.82, 2.24) is 0 Å². The molecule has 3 rings (SSSR count). The molecule has 2 aromatic carbocycles. The average molecular weight is 222 g/mol. The predicted octanol–water partition coefficient (Wildman–Crippen LogP) is 4.87. The van der Waals surface area contributed by atoms with Crippen molar-refractivity contribution in [3.63, 3.8) is 0 Å². The Labute approximate surface area is 103 Å². The van der Waals surface area contributed by atoms with Gasteiger partial charge in [-0.1, -0.05) is 61.5 Å². The lowest BCUT2D eigenvalue weighted by Crippen LogP contribution is -2.20. The largest absolute Gasteiger partial charge is 0.0622 e. The molecule has 1 fully saturated rings. The molecular weight excluding hydrogens is 204 g/mol. The van der Waals surface area contributed by atoms with Gasteiger partial charge in [-0.25, -0.2) is 0 Å². The van der Waals surface area contributed by atoms with Gasteiger partial charge < -0.3 is 0 Å². The van der Waals surface area contributed by atoms with Crippen LogP contribution in [0.4, 0.5) is 0 Å². The Balaban J connectivity index is 1.85. The summed E-state index contributed by atoms with van der Waals surface area (Å²) in [6, 6.07) is 19.7. The first-order valence-corrected chi connectivity index (χ1v) is 6.50. The van der Waals surface area contributed by atoms with E-state index in [1.165, 1.54) is 29.5 Å². The third-order valence-corrected chi connectivity index (χ3v) is 4.07. The van der Waals surface area contributed by atoms with Crippen LogP contribution in [0.2, 0.25) is 0 Å². The summed E-state index contributed by atoms with van der Waals surface area (Å²) < 4.78 is 0. The van der Waals surface area contributed by atoms with Crippen LogP contribution in [0.1, 0.15) is 31.2 Å². The minimum atomic E-state index is 0.805. The molecule has 0 heterocycles. The van der Waals surface area contributed by atoms with Crippen molar-refractivity contribution in [2.24, 2.45) is 5.92 Å². The molecule has 0 unspecified atom stereocenters. The zero-order valence-electron chi connectivity index (χ0n) is 10.3. The van der Waals surface area contributed by atoms with Crippen molar-refractivity contribution < 1.29 is 0 Å². The summed E-state index contributed by atoms with van der Waals surface area (Å²) in [5, 5.41) is 0. The molecule has 0 saturated heterocycles. The highest BCUT2D eigenvalue weighted by molar-refractivity contribution is 5.63. The lowest BCUT2D eigenvalue weighted by atomic mass is 9.71. The van der Waals surface area contributed by atoms with Gasteiger partial charge in [0.1, 0.15) is 0 Å². The van der Waals surface area contributed by atoms with Crippen molar-refractivity contribution >= 4 is 0 Å². The Morgan fingerprint density at radius 2 is 1.41 bits per heavy atom. The Kier molecular flexibility index (Phi) is 2.72. The van der Waals surface area contributed by atoms with Gasteiger partial charge in [-0.05, 0) is 41.4 Å². The van der Waals surface area contributed by atoms with Gasteiger partial charge in [-0.2, -0.15) is 0 Å². The van der Waals surface area contributed by atoms with E-state index in [2.05, 4.69) is 61.5 Å². The molecule has 0 aliphatic heterocycles. The van der Waals surface area contributed by atoms with Crippen molar-refractivity contribution in [2.75, 3.05) is 0 Å². The summed E-state index contributed by atoms with van der Waals surface area (Å²) in [6.07, 6.45) is 2.76. The Hall–Kier alpha value is -1.56. The van der Waals surface area contributed by atoms with Crippen LogP contribution >= 0.6 is 0 Å². The molecule has 2 aromatic rings. The van der Waals surface area contributed by atoms with Gasteiger partial charge >= 0.3 is 0 Å². The second-order valence-corrected chi connectivity index (χ2v) is 5.15. The summed E-state index contributed by atoms with van der Waals surface area (Å²) in [6.45, 7) is 2.36. The summed E-state index contributed by atoms with van der Waals surface area (Å²) in [5.41, 5.74) is 4.14. The van der Waals surface area contributed by atoms with Crippen LogP contribution in [0.5, 0.6) is 0 Å². The van der Waals surface area contributed by atoms with Crippen LogP contribution < -0.4 is 0 Å². The maximum atomic E-state index is 2.36. The summed E-state index contributed by atoms with van der Waals surface area (Å²) in [5.74, 6) is 1.68. The lowest BCUT2D eigenvalue weighted by molar-refractivity contribution is 0.280. The van der Waals surface area contributed by atoms with Gasteiger partial charge in [0.25, 0.3) is 0 Å². The second kappa shape index (κ2) is 4.37. The monoisotopic (exact) mass is 222 g/mol. The van der Waals surface area contributed by atoms with Gasteiger partial charge in [-0.3, -0.25) is 0 Å². The normalized spacial score (nSPS) is 23.1. The average Bonchev–Trinajstić information content (AvgIpc) is 2.39. The van der Waals surface area contributed by atoms with Crippen molar-refractivity contribution in [3.8, 4) is 11.1 Å². The minimum Gasteiger partial charge on any atom is -0.0622 e. The van der Waals surface area contributed by atoms with Gasteiger partial charge in [0.15, 0.2) is 0 Å². The highest BCUT2D eigenvalue weighted by Crippen LogP contribution is 2.42. The Morgan fingerprint density at radius 3 is 1.94 bits per heavy atom. The molecule has 2 atom stereocenters. The molecule has 0 aromatic heterocycles. The van der Waals surface area contributed by atoms with Crippen LogP contribution in [0.3, 0.4) is 0 Å². The van der Waals surface area contributed by atoms with Crippen molar-refractivity contribution in [1.29, 1.82) is 0 Å². The second-order valence-electron chi connectivity index (χ2n) is 5.15.